The first-order valence-electron chi connectivity index (χ1n) is 9.79. The van der Waals surface area contributed by atoms with Crippen molar-refractivity contribution in [2.75, 3.05) is 31.2 Å². The third kappa shape index (κ3) is 4.81. The van der Waals surface area contributed by atoms with Crippen LogP contribution >= 0.6 is 22.7 Å². The van der Waals surface area contributed by atoms with Gasteiger partial charge in [-0.05, 0) is 60.4 Å². The first kappa shape index (κ1) is 19.6. The molecule has 1 N–H and O–H groups in total. The molecule has 0 saturated carbocycles. The second kappa shape index (κ2) is 9.18. The highest BCUT2D eigenvalue weighted by atomic mass is 32.1. The van der Waals surface area contributed by atoms with Crippen LogP contribution in [0.3, 0.4) is 0 Å². The molecule has 3 heterocycles. The second-order valence-electron chi connectivity index (χ2n) is 7.23. The number of benzene rings is 1. The van der Waals surface area contributed by atoms with Gasteiger partial charge in [0.05, 0.1) is 24.9 Å². The summed E-state index contributed by atoms with van der Waals surface area (Å²) < 4.78 is 5.45. The third-order valence-electron chi connectivity index (χ3n) is 5.23. The van der Waals surface area contributed by atoms with Crippen molar-refractivity contribution in [3.63, 3.8) is 0 Å². The maximum Gasteiger partial charge on any atom is 0.110 e. The summed E-state index contributed by atoms with van der Waals surface area (Å²) in [5.41, 5.74) is 5.10. The SMILES string of the molecule is Cc1nc([C@@H](Cc2ccsc2)NCc2ccc(N3CCOCC3)cc2)sc1C. The van der Waals surface area contributed by atoms with Crippen LogP contribution in [0.2, 0.25) is 0 Å². The number of morpholine rings is 1. The highest BCUT2D eigenvalue weighted by Gasteiger charge is 2.18. The molecule has 4 rings (SSSR count). The number of thiazole rings is 1. The molecule has 3 aromatic rings. The minimum absolute atomic E-state index is 0.242. The number of ether oxygens (including phenoxy) is 1. The van der Waals surface area contributed by atoms with Crippen molar-refractivity contribution in [1.82, 2.24) is 10.3 Å². The number of thiophene rings is 1. The van der Waals surface area contributed by atoms with E-state index >= 15 is 0 Å². The van der Waals surface area contributed by atoms with Crippen molar-refractivity contribution in [3.8, 4) is 0 Å². The van der Waals surface area contributed by atoms with Crippen LogP contribution in [-0.2, 0) is 17.7 Å². The summed E-state index contributed by atoms with van der Waals surface area (Å²) in [6, 6.07) is 11.4. The average Bonchev–Trinajstić information content (AvgIpc) is 3.36. The fraction of sp³-hybridized carbons (Fsp3) is 0.409. The van der Waals surface area contributed by atoms with Crippen molar-refractivity contribution < 1.29 is 4.74 Å². The Bertz CT molecular complexity index is 848. The van der Waals surface area contributed by atoms with Gasteiger partial charge >= 0.3 is 0 Å². The summed E-state index contributed by atoms with van der Waals surface area (Å²) in [5, 5.41) is 9.32. The molecule has 2 aromatic heterocycles. The minimum Gasteiger partial charge on any atom is -0.378 e. The van der Waals surface area contributed by atoms with Gasteiger partial charge in [-0.15, -0.1) is 11.3 Å². The van der Waals surface area contributed by atoms with Crippen LogP contribution in [-0.4, -0.2) is 31.3 Å². The predicted molar refractivity (Wildman–Crippen MR) is 119 cm³/mol. The Balaban J connectivity index is 1.43. The molecule has 148 valence electrons. The van der Waals surface area contributed by atoms with Crippen LogP contribution in [0.25, 0.3) is 0 Å². The summed E-state index contributed by atoms with van der Waals surface area (Å²) in [4.78, 5) is 8.52. The van der Waals surface area contributed by atoms with Gasteiger partial charge in [-0.2, -0.15) is 11.3 Å². The number of hydrogen-bond acceptors (Lipinski definition) is 6. The molecular formula is C22H27N3OS2. The molecule has 0 radical (unpaired) electrons. The van der Waals surface area contributed by atoms with Crippen LogP contribution in [0, 0.1) is 13.8 Å². The van der Waals surface area contributed by atoms with E-state index in [9.17, 15) is 0 Å². The van der Waals surface area contributed by atoms with E-state index in [2.05, 4.69) is 65.2 Å². The zero-order valence-corrected chi connectivity index (χ0v) is 18.1. The van der Waals surface area contributed by atoms with E-state index in [4.69, 9.17) is 9.72 Å². The molecule has 1 atom stereocenters. The Morgan fingerprint density at radius 2 is 1.89 bits per heavy atom. The average molecular weight is 414 g/mol. The van der Waals surface area contributed by atoms with Gasteiger partial charge in [0.2, 0.25) is 0 Å². The van der Waals surface area contributed by atoms with Gasteiger partial charge < -0.3 is 15.0 Å². The summed E-state index contributed by atoms with van der Waals surface area (Å²) in [5.74, 6) is 0. The predicted octanol–water partition coefficient (Wildman–Crippen LogP) is 4.73. The van der Waals surface area contributed by atoms with Gasteiger partial charge in [0.1, 0.15) is 5.01 Å². The number of aromatic nitrogens is 1. The first-order valence-corrected chi connectivity index (χ1v) is 11.5. The van der Waals surface area contributed by atoms with Gasteiger partial charge in [-0.1, -0.05) is 12.1 Å². The lowest BCUT2D eigenvalue weighted by molar-refractivity contribution is 0.122. The van der Waals surface area contributed by atoms with Crippen molar-refractivity contribution in [3.05, 3.63) is 67.8 Å². The number of rotatable bonds is 7. The van der Waals surface area contributed by atoms with Crippen LogP contribution in [0.15, 0.2) is 41.1 Å². The standard InChI is InChI=1S/C22H27N3OS2/c1-16-17(2)28-22(24-16)21(13-19-7-12-27-15-19)23-14-18-3-5-20(6-4-18)25-8-10-26-11-9-25/h3-7,12,15,21,23H,8-11,13-14H2,1-2H3/t21-/m1/s1. The topological polar surface area (TPSA) is 37.4 Å². The normalized spacial score (nSPS) is 15.7. The summed E-state index contributed by atoms with van der Waals surface area (Å²) in [7, 11) is 0. The Labute approximate surface area is 175 Å². The number of nitrogens with one attached hydrogen (secondary N) is 1. The van der Waals surface area contributed by atoms with Crippen LogP contribution in [0.4, 0.5) is 5.69 Å². The zero-order valence-electron chi connectivity index (χ0n) is 16.5. The number of nitrogens with zero attached hydrogens (tertiary/aromatic N) is 2. The molecule has 1 aromatic carbocycles. The largest absolute Gasteiger partial charge is 0.378 e. The van der Waals surface area contributed by atoms with Crippen LogP contribution in [0.1, 0.15) is 32.7 Å². The molecule has 0 amide bonds. The van der Waals surface area contributed by atoms with Crippen LogP contribution in [0.5, 0.6) is 0 Å². The van der Waals surface area contributed by atoms with E-state index < -0.39 is 0 Å². The quantitative estimate of drug-likeness (QED) is 0.607. The van der Waals surface area contributed by atoms with Crippen molar-refractivity contribution in [2.24, 2.45) is 0 Å². The van der Waals surface area contributed by atoms with Gasteiger partial charge in [0.15, 0.2) is 0 Å². The number of aryl methyl sites for hydroxylation is 2. The molecule has 0 bridgehead atoms. The molecule has 0 unspecified atom stereocenters. The third-order valence-corrected chi connectivity index (χ3v) is 7.15. The highest BCUT2D eigenvalue weighted by molar-refractivity contribution is 7.11. The van der Waals surface area contributed by atoms with Crippen LogP contribution < -0.4 is 10.2 Å². The zero-order chi connectivity index (χ0) is 19.3. The fourth-order valence-electron chi connectivity index (χ4n) is 3.43. The van der Waals surface area contributed by atoms with Crippen molar-refractivity contribution in [2.45, 2.75) is 32.9 Å². The highest BCUT2D eigenvalue weighted by Crippen LogP contribution is 2.27. The maximum absolute atomic E-state index is 5.45. The van der Waals surface area contributed by atoms with E-state index in [1.165, 1.54) is 26.7 Å². The molecule has 1 saturated heterocycles. The molecule has 0 aliphatic carbocycles. The monoisotopic (exact) mass is 413 g/mol. The molecule has 6 heteroatoms. The Morgan fingerprint density at radius 3 is 2.54 bits per heavy atom. The molecule has 1 aliphatic rings. The Morgan fingerprint density at radius 1 is 1.11 bits per heavy atom. The van der Waals surface area contributed by atoms with Gasteiger partial charge in [-0.25, -0.2) is 4.98 Å². The molecular weight excluding hydrogens is 386 g/mol. The first-order chi connectivity index (χ1) is 13.7. The lowest BCUT2D eigenvalue weighted by Gasteiger charge is -2.29. The van der Waals surface area contributed by atoms with E-state index in [0.717, 1.165) is 45.0 Å². The minimum atomic E-state index is 0.242. The Hall–Kier alpha value is -1.73. The molecule has 4 nitrogen and oxygen atoms in total. The van der Waals surface area contributed by atoms with Gasteiger partial charge in [0, 0.05) is 30.2 Å². The summed E-state index contributed by atoms with van der Waals surface area (Å²) in [6.45, 7) is 8.69. The smallest absolute Gasteiger partial charge is 0.110 e. The number of anilines is 1. The lowest BCUT2D eigenvalue weighted by atomic mass is 10.1. The van der Waals surface area contributed by atoms with E-state index in [0.29, 0.717) is 0 Å². The fourth-order valence-corrected chi connectivity index (χ4v) is 5.11. The maximum atomic E-state index is 5.45. The van der Waals surface area contributed by atoms with E-state index in [-0.39, 0.29) is 6.04 Å². The molecule has 28 heavy (non-hydrogen) atoms. The summed E-state index contributed by atoms with van der Waals surface area (Å²) >= 11 is 3.57. The van der Waals surface area contributed by atoms with Crippen molar-refractivity contribution >= 4 is 28.4 Å². The molecule has 0 spiro atoms. The van der Waals surface area contributed by atoms with E-state index in [1.807, 2.05) is 11.3 Å². The van der Waals surface area contributed by atoms with Gasteiger partial charge in [0.25, 0.3) is 0 Å². The van der Waals surface area contributed by atoms with E-state index in [1.54, 1.807) is 11.3 Å². The Kier molecular flexibility index (Phi) is 6.42. The van der Waals surface area contributed by atoms with Gasteiger partial charge in [-0.3, -0.25) is 0 Å². The number of hydrogen-bond donors (Lipinski definition) is 1. The lowest BCUT2D eigenvalue weighted by Crippen LogP contribution is -2.36. The summed E-state index contributed by atoms with van der Waals surface area (Å²) in [6.07, 6.45) is 0.974. The molecule has 1 aliphatic heterocycles. The second-order valence-corrected chi connectivity index (χ2v) is 9.24. The molecule has 1 fully saturated rings. The van der Waals surface area contributed by atoms with Crippen molar-refractivity contribution in [1.29, 1.82) is 0 Å².